The van der Waals surface area contributed by atoms with Crippen LogP contribution in [0, 0.1) is 6.92 Å². The first-order chi connectivity index (χ1) is 13.0. The van der Waals surface area contributed by atoms with Gasteiger partial charge in [0, 0.05) is 0 Å². The number of rotatable bonds is 7. The van der Waals surface area contributed by atoms with Crippen molar-refractivity contribution < 1.29 is 19.0 Å². The quantitative estimate of drug-likeness (QED) is 0.602. The standard InChI is InChI=1S/C21H24N2O4/c1-16-3-5-18(6-4-16)15-25-19-9-7-17(8-10-19)14-22-23-20(24)13-21(2)26-11-12-27-21/h3-10,14H,11-13,15H2,1-2H3,(H,23,24)/b22-14+. The summed E-state index contributed by atoms with van der Waals surface area (Å²) in [6.07, 6.45) is 1.69. The molecular weight excluding hydrogens is 344 g/mol. The molecule has 1 N–H and O–H groups in total. The molecular formula is C21H24N2O4. The maximum Gasteiger partial charge on any atom is 0.245 e. The van der Waals surface area contributed by atoms with Crippen molar-refractivity contribution in [3.63, 3.8) is 0 Å². The van der Waals surface area contributed by atoms with Gasteiger partial charge in [0.25, 0.3) is 0 Å². The van der Waals surface area contributed by atoms with Gasteiger partial charge in [0.15, 0.2) is 5.79 Å². The van der Waals surface area contributed by atoms with Crippen molar-refractivity contribution in [2.24, 2.45) is 5.10 Å². The van der Waals surface area contributed by atoms with Crippen LogP contribution in [0.5, 0.6) is 5.75 Å². The molecule has 6 nitrogen and oxygen atoms in total. The number of amides is 1. The van der Waals surface area contributed by atoms with Crippen LogP contribution in [0.15, 0.2) is 53.6 Å². The van der Waals surface area contributed by atoms with E-state index in [2.05, 4.69) is 41.7 Å². The predicted molar refractivity (Wildman–Crippen MR) is 103 cm³/mol. The van der Waals surface area contributed by atoms with Gasteiger partial charge in [0.05, 0.1) is 25.8 Å². The number of carbonyl (C=O) groups is 1. The number of carbonyl (C=O) groups excluding carboxylic acids is 1. The van der Waals surface area contributed by atoms with E-state index in [0.717, 1.165) is 16.9 Å². The summed E-state index contributed by atoms with van der Waals surface area (Å²) in [5.41, 5.74) is 5.70. The van der Waals surface area contributed by atoms with Crippen molar-refractivity contribution in [3.05, 3.63) is 65.2 Å². The van der Waals surface area contributed by atoms with Crippen molar-refractivity contribution in [1.29, 1.82) is 0 Å². The van der Waals surface area contributed by atoms with Crippen LogP contribution in [0.3, 0.4) is 0 Å². The van der Waals surface area contributed by atoms with E-state index in [1.807, 2.05) is 24.3 Å². The summed E-state index contributed by atoms with van der Waals surface area (Å²) in [5.74, 6) is -0.329. The molecule has 0 unspecified atom stereocenters. The number of nitrogens with one attached hydrogen (secondary N) is 1. The van der Waals surface area contributed by atoms with Crippen LogP contribution in [-0.2, 0) is 20.9 Å². The normalized spacial score (nSPS) is 15.8. The summed E-state index contributed by atoms with van der Waals surface area (Å²) in [4.78, 5) is 11.9. The number of aryl methyl sites for hydroxylation is 1. The molecule has 1 aliphatic rings. The molecule has 2 aromatic carbocycles. The Morgan fingerprint density at radius 1 is 1.15 bits per heavy atom. The van der Waals surface area contributed by atoms with Crippen molar-refractivity contribution in [2.75, 3.05) is 13.2 Å². The summed E-state index contributed by atoms with van der Waals surface area (Å²) < 4.78 is 16.6. The number of hydrazone groups is 1. The fourth-order valence-corrected chi connectivity index (χ4v) is 2.67. The first kappa shape index (κ1) is 19.1. The van der Waals surface area contributed by atoms with Gasteiger partial charge in [-0.05, 0) is 49.2 Å². The molecule has 0 atom stereocenters. The second-order valence-corrected chi connectivity index (χ2v) is 6.64. The molecule has 0 aromatic heterocycles. The largest absolute Gasteiger partial charge is 0.489 e. The van der Waals surface area contributed by atoms with E-state index in [1.54, 1.807) is 13.1 Å². The van der Waals surface area contributed by atoms with Gasteiger partial charge < -0.3 is 14.2 Å². The number of ether oxygens (including phenoxy) is 3. The molecule has 1 saturated heterocycles. The van der Waals surface area contributed by atoms with Gasteiger partial charge in [-0.15, -0.1) is 0 Å². The molecule has 2 aromatic rings. The second kappa shape index (κ2) is 8.79. The van der Waals surface area contributed by atoms with Crippen molar-refractivity contribution in [3.8, 4) is 5.75 Å². The third-order valence-electron chi connectivity index (χ3n) is 4.19. The summed E-state index contributed by atoms with van der Waals surface area (Å²) in [6, 6.07) is 15.8. The molecule has 6 heteroatoms. The van der Waals surface area contributed by atoms with E-state index in [-0.39, 0.29) is 12.3 Å². The minimum Gasteiger partial charge on any atom is -0.489 e. The highest BCUT2D eigenvalue weighted by Gasteiger charge is 2.33. The van der Waals surface area contributed by atoms with Crippen molar-refractivity contribution >= 4 is 12.1 Å². The molecule has 1 amide bonds. The maximum absolute atomic E-state index is 11.9. The van der Waals surface area contributed by atoms with E-state index in [1.165, 1.54) is 5.56 Å². The first-order valence-corrected chi connectivity index (χ1v) is 8.91. The van der Waals surface area contributed by atoms with E-state index >= 15 is 0 Å². The summed E-state index contributed by atoms with van der Waals surface area (Å²) in [7, 11) is 0. The highest BCUT2D eigenvalue weighted by Crippen LogP contribution is 2.22. The minimum atomic E-state index is -0.851. The number of benzene rings is 2. The minimum absolute atomic E-state index is 0.107. The lowest BCUT2D eigenvalue weighted by atomic mass is 10.2. The van der Waals surface area contributed by atoms with E-state index in [9.17, 15) is 4.79 Å². The molecule has 1 aliphatic heterocycles. The molecule has 0 radical (unpaired) electrons. The zero-order valence-electron chi connectivity index (χ0n) is 15.6. The summed E-state index contributed by atoms with van der Waals surface area (Å²) >= 11 is 0. The van der Waals surface area contributed by atoms with Crippen molar-refractivity contribution in [1.82, 2.24) is 5.43 Å². The molecule has 1 heterocycles. The fraction of sp³-hybridized carbons (Fsp3) is 0.333. The average Bonchev–Trinajstić information content (AvgIpc) is 3.08. The van der Waals surface area contributed by atoms with Gasteiger partial charge in [0.2, 0.25) is 5.91 Å². The Kier molecular flexibility index (Phi) is 6.21. The smallest absolute Gasteiger partial charge is 0.245 e. The predicted octanol–water partition coefficient (Wildman–Crippen LogP) is 3.18. The van der Waals surface area contributed by atoms with Crippen LogP contribution >= 0.6 is 0 Å². The Bertz CT molecular complexity index is 779. The van der Waals surface area contributed by atoms with Crippen molar-refractivity contribution in [2.45, 2.75) is 32.7 Å². The lowest BCUT2D eigenvalue weighted by Gasteiger charge is -2.20. The number of hydrogen-bond acceptors (Lipinski definition) is 5. The zero-order valence-corrected chi connectivity index (χ0v) is 15.6. The first-order valence-electron chi connectivity index (χ1n) is 8.91. The molecule has 142 valence electrons. The van der Waals surface area contributed by atoms with Gasteiger partial charge in [0.1, 0.15) is 12.4 Å². The lowest BCUT2D eigenvalue weighted by molar-refractivity contribution is -0.159. The van der Waals surface area contributed by atoms with Gasteiger partial charge >= 0.3 is 0 Å². The Morgan fingerprint density at radius 2 is 1.81 bits per heavy atom. The molecule has 27 heavy (non-hydrogen) atoms. The molecule has 0 spiro atoms. The molecule has 1 fully saturated rings. The Hall–Kier alpha value is -2.70. The van der Waals surface area contributed by atoms with E-state index in [0.29, 0.717) is 19.8 Å². The zero-order chi connectivity index (χ0) is 19.1. The van der Waals surface area contributed by atoms with Crippen LogP contribution in [0.1, 0.15) is 30.0 Å². The lowest BCUT2D eigenvalue weighted by Crippen LogP contribution is -2.33. The molecule has 0 aliphatic carbocycles. The topological polar surface area (TPSA) is 69.2 Å². The van der Waals surface area contributed by atoms with Gasteiger partial charge in [-0.2, -0.15) is 5.10 Å². The van der Waals surface area contributed by atoms with Gasteiger partial charge in [-0.25, -0.2) is 5.43 Å². The number of nitrogens with zero attached hydrogens (tertiary/aromatic N) is 1. The summed E-state index contributed by atoms with van der Waals surface area (Å²) in [6.45, 7) is 5.34. The second-order valence-electron chi connectivity index (χ2n) is 6.64. The van der Waals surface area contributed by atoms with Crippen LogP contribution in [0.2, 0.25) is 0 Å². The SMILES string of the molecule is Cc1ccc(COc2ccc(/C=N/NC(=O)CC3(C)OCCO3)cc2)cc1. The van der Waals surface area contributed by atoms with Crippen LogP contribution in [0.4, 0.5) is 0 Å². The van der Waals surface area contributed by atoms with Crippen LogP contribution < -0.4 is 10.2 Å². The third-order valence-corrected chi connectivity index (χ3v) is 4.19. The third kappa shape index (κ3) is 5.91. The van der Waals surface area contributed by atoms with E-state index < -0.39 is 5.79 Å². The Morgan fingerprint density at radius 3 is 2.48 bits per heavy atom. The number of hydrogen-bond donors (Lipinski definition) is 1. The monoisotopic (exact) mass is 368 g/mol. The summed E-state index contributed by atoms with van der Waals surface area (Å²) in [5, 5.41) is 3.97. The highest BCUT2D eigenvalue weighted by molar-refractivity contribution is 5.82. The highest BCUT2D eigenvalue weighted by atomic mass is 16.7. The molecule has 3 rings (SSSR count). The Balaban J connectivity index is 1.44. The van der Waals surface area contributed by atoms with Gasteiger partial charge in [-0.1, -0.05) is 29.8 Å². The molecule has 0 bridgehead atoms. The van der Waals surface area contributed by atoms with Crippen LogP contribution in [0.25, 0.3) is 0 Å². The maximum atomic E-state index is 11.9. The van der Waals surface area contributed by atoms with E-state index in [4.69, 9.17) is 14.2 Å². The van der Waals surface area contributed by atoms with Gasteiger partial charge in [-0.3, -0.25) is 4.79 Å². The average molecular weight is 368 g/mol. The Labute approximate surface area is 159 Å². The fourth-order valence-electron chi connectivity index (χ4n) is 2.67. The molecule has 0 saturated carbocycles. The van der Waals surface area contributed by atoms with Crippen LogP contribution in [-0.4, -0.2) is 31.1 Å².